The van der Waals surface area contributed by atoms with Gasteiger partial charge in [-0.15, -0.1) is 0 Å². The van der Waals surface area contributed by atoms with E-state index in [1.165, 1.54) is 12.8 Å². The minimum atomic E-state index is 0.242. The highest BCUT2D eigenvalue weighted by atomic mass is 79.9. The molecule has 88 valence electrons. The van der Waals surface area contributed by atoms with E-state index in [1.807, 2.05) is 7.05 Å². The maximum atomic E-state index is 6.14. The Bertz CT molecular complexity index is 340. The average Bonchev–Trinajstić information content (AvgIpc) is 2.30. The summed E-state index contributed by atoms with van der Waals surface area (Å²) >= 11 is 3.33. The van der Waals surface area contributed by atoms with Crippen LogP contribution in [0, 0.1) is 0 Å². The highest BCUT2D eigenvalue weighted by Gasteiger charge is 2.26. The molecule has 5 heteroatoms. The van der Waals surface area contributed by atoms with Crippen LogP contribution in [0.4, 0.5) is 5.95 Å². The molecule has 16 heavy (non-hydrogen) atoms. The standard InChI is InChI=1S/C11H17BrN4/c1-16(10-5-3-2-4-9(10)13)11-14-6-8(12)7-15-11/h6-7,9-10H,2-5,13H2,1H3. The van der Waals surface area contributed by atoms with E-state index in [4.69, 9.17) is 5.73 Å². The molecule has 1 aromatic rings. The Morgan fingerprint density at radius 1 is 1.31 bits per heavy atom. The molecule has 0 aromatic carbocycles. The van der Waals surface area contributed by atoms with E-state index in [2.05, 4.69) is 30.8 Å². The molecule has 0 amide bonds. The molecule has 2 atom stereocenters. The number of nitrogens with two attached hydrogens (primary N) is 1. The van der Waals surface area contributed by atoms with Gasteiger partial charge in [0.25, 0.3) is 0 Å². The summed E-state index contributed by atoms with van der Waals surface area (Å²) in [6.45, 7) is 0. The first-order valence-corrected chi connectivity index (χ1v) is 6.44. The summed E-state index contributed by atoms with van der Waals surface area (Å²) in [4.78, 5) is 10.7. The van der Waals surface area contributed by atoms with Crippen molar-refractivity contribution in [1.82, 2.24) is 9.97 Å². The van der Waals surface area contributed by atoms with E-state index in [-0.39, 0.29) is 6.04 Å². The lowest BCUT2D eigenvalue weighted by molar-refractivity contribution is 0.371. The van der Waals surface area contributed by atoms with Gasteiger partial charge in [-0.3, -0.25) is 0 Å². The van der Waals surface area contributed by atoms with Crippen LogP contribution in [0.5, 0.6) is 0 Å². The summed E-state index contributed by atoms with van der Waals surface area (Å²) in [5, 5.41) is 0. The van der Waals surface area contributed by atoms with Crippen LogP contribution in [0.25, 0.3) is 0 Å². The number of anilines is 1. The summed E-state index contributed by atoms with van der Waals surface area (Å²) in [6.07, 6.45) is 8.27. The van der Waals surface area contributed by atoms with Crippen molar-refractivity contribution in [3.63, 3.8) is 0 Å². The van der Waals surface area contributed by atoms with Crippen molar-refractivity contribution >= 4 is 21.9 Å². The zero-order chi connectivity index (χ0) is 11.5. The number of hydrogen-bond donors (Lipinski definition) is 1. The predicted molar refractivity (Wildman–Crippen MR) is 68.4 cm³/mol. The van der Waals surface area contributed by atoms with Crippen molar-refractivity contribution in [3.8, 4) is 0 Å². The summed E-state index contributed by atoms with van der Waals surface area (Å²) in [5.74, 6) is 0.755. The van der Waals surface area contributed by atoms with Crippen LogP contribution in [-0.4, -0.2) is 29.1 Å². The van der Waals surface area contributed by atoms with E-state index < -0.39 is 0 Å². The first-order valence-electron chi connectivity index (χ1n) is 5.64. The summed E-state index contributed by atoms with van der Waals surface area (Å²) in [5.41, 5.74) is 6.14. The number of aromatic nitrogens is 2. The molecule has 1 aliphatic rings. The van der Waals surface area contributed by atoms with Gasteiger partial charge in [-0.1, -0.05) is 12.8 Å². The molecule has 0 spiro atoms. The average molecular weight is 285 g/mol. The van der Waals surface area contributed by atoms with Crippen LogP contribution >= 0.6 is 15.9 Å². The Morgan fingerprint density at radius 3 is 2.56 bits per heavy atom. The molecular weight excluding hydrogens is 268 g/mol. The van der Waals surface area contributed by atoms with Crippen molar-refractivity contribution in [1.29, 1.82) is 0 Å². The van der Waals surface area contributed by atoms with Crippen LogP contribution in [-0.2, 0) is 0 Å². The SMILES string of the molecule is CN(c1ncc(Br)cn1)C1CCCCC1N. The zero-order valence-electron chi connectivity index (χ0n) is 9.43. The number of rotatable bonds is 2. The van der Waals surface area contributed by atoms with Crippen LogP contribution in [0.1, 0.15) is 25.7 Å². The Labute approximate surface area is 104 Å². The second-order valence-electron chi connectivity index (χ2n) is 4.33. The quantitative estimate of drug-likeness (QED) is 0.902. The molecule has 2 rings (SSSR count). The molecular formula is C11H17BrN4. The van der Waals surface area contributed by atoms with Crippen molar-refractivity contribution in [2.45, 2.75) is 37.8 Å². The minimum absolute atomic E-state index is 0.242. The highest BCUT2D eigenvalue weighted by Crippen LogP contribution is 2.23. The summed E-state index contributed by atoms with van der Waals surface area (Å²) < 4.78 is 0.901. The fourth-order valence-corrected chi connectivity index (χ4v) is 2.46. The van der Waals surface area contributed by atoms with Crippen molar-refractivity contribution in [2.75, 3.05) is 11.9 Å². The molecule has 1 aromatic heterocycles. The number of hydrogen-bond acceptors (Lipinski definition) is 4. The molecule has 1 saturated carbocycles. The number of halogens is 1. The monoisotopic (exact) mass is 284 g/mol. The largest absolute Gasteiger partial charge is 0.339 e. The fourth-order valence-electron chi connectivity index (χ4n) is 2.26. The Kier molecular flexibility index (Phi) is 3.76. The molecule has 1 aliphatic carbocycles. The van der Waals surface area contributed by atoms with Crippen LogP contribution in [0.15, 0.2) is 16.9 Å². The van der Waals surface area contributed by atoms with E-state index in [9.17, 15) is 0 Å². The van der Waals surface area contributed by atoms with Gasteiger partial charge in [-0.2, -0.15) is 0 Å². The summed E-state index contributed by atoms with van der Waals surface area (Å²) in [7, 11) is 2.03. The van der Waals surface area contributed by atoms with Crippen LogP contribution in [0.3, 0.4) is 0 Å². The first-order chi connectivity index (χ1) is 7.68. The van der Waals surface area contributed by atoms with Gasteiger partial charge in [0.15, 0.2) is 0 Å². The lowest BCUT2D eigenvalue weighted by Crippen LogP contribution is -2.48. The highest BCUT2D eigenvalue weighted by molar-refractivity contribution is 9.10. The summed E-state index contributed by atoms with van der Waals surface area (Å²) in [6, 6.07) is 0.612. The van der Waals surface area contributed by atoms with E-state index in [0.717, 1.165) is 23.3 Å². The lowest BCUT2D eigenvalue weighted by Gasteiger charge is -2.35. The molecule has 2 unspecified atom stereocenters. The molecule has 0 bridgehead atoms. The number of nitrogens with zero attached hydrogens (tertiary/aromatic N) is 3. The van der Waals surface area contributed by atoms with E-state index in [1.54, 1.807) is 12.4 Å². The maximum Gasteiger partial charge on any atom is 0.225 e. The molecule has 4 nitrogen and oxygen atoms in total. The topological polar surface area (TPSA) is 55.0 Å². The van der Waals surface area contributed by atoms with E-state index >= 15 is 0 Å². The third kappa shape index (κ3) is 2.52. The first kappa shape index (κ1) is 11.8. The van der Waals surface area contributed by atoms with Gasteiger partial charge < -0.3 is 10.6 Å². The van der Waals surface area contributed by atoms with Gasteiger partial charge in [0.05, 0.1) is 4.47 Å². The van der Waals surface area contributed by atoms with Crippen molar-refractivity contribution < 1.29 is 0 Å². The van der Waals surface area contributed by atoms with Gasteiger partial charge in [0.1, 0.15) is 0 Å². The van der Waals surface area contributed by atoms with Gasteiger partial charge in [0, 0.05) is 31.5 Å². The fraction of sp³-hybridized carbons (Fsp3) is 0.636. The third-order valence-electron chi connectivity index (χ3n) is 3.20. The third-order valence-corrected chi connectivity index (χ3v) is 3.61. The molecule has 0 aliphatic heterocycles. The Morgan fingerprint density at radius 2 is 1.94 bits per heavy atom. The van der Waals surface area contributed by atoms with E-state index in [0.29, 0.717) is 6.04 Å². The van der Waals surface area contributed by atoms with Crippen LogP contribution < -0.4 is 10.6 Å². The van der Waals surface area contributed by atoms with Crippen LogP contribution in [0.2, 0.25) is 0 Å². The Hall–Kier alpha value is -0.680. The maximum absolute atomic E-state index is 6.14. The predicted octanol–water partition coefficient (Wildman–Crippen LogP) is 1.95. The second kappa shape index (κ2) is 5.10. The normalized spacial score (nSPS) is 25.4. The van der Waals surface area contributed by atoms with Gasteiger partial charge in [0.2, 0.25) is 5.95 Å². The lowest BCUT2D eigenvalue weighted by atomic mass is 9.90. The molecule has 0 saturated heterocycles. The zero-order valence-corrected chi connectivity index (χ0v) is 11.0. The van der Waals surface area contributed by atoms with Gasteiger partial charge in [-0.05, 0) is 28.8 Å². The number of likely N-dealkylation sites (N-methyl/N-ethyl adjacent to an activating group) is 1. The molecule has 0 radical (unpaired) electrons. The van der Waals surface area contributed by atoms with Crippen molar-refractivity contribution in [2.24, 2.45) is 5.73 Å². The second-order valence-corrected chi connectivity index (χ2v) is 5.24. The Balaban J connectivity index is 2.11. The molecule has 2 N–H and O–H groups in total. The molecule has 1 heterocycles. The van der Waals surface area contributed by atoms with Gasteiger partial charge in [-0.25, -0.2) is 9.97 Å². The molecule has 1 fully saturated rings. The minimum Gasteiger partial charge on any atom is -0.339 e. The van der Waals surface area contributed by atoms with Crippen molar-refractivity contribution in [3.05, 3.63) is 16.9 Å². The van der Waals surface area contributed by atoms with Gasteiger partial charge >= 0.3 is 0 Å². The smallest absolute Gasteiger partial charge is 0.225 e.